The summed E-state index contributed by atoms with van der Waals surface area (Å²) in [5.74, 6) is 0.624. The van der Waals surface area contributed by atoms with Gasteiger partial charge in [0.15, 0.2) is 4.32 Å². The molecule has 0 atom stereocenters. The van der Waals surface area contributed by atoms with Crippen LogP contribution >= 0.6 is 24.0 Å². The second-order valence-corrected chi connectivity index (χ2v) is 7.78. The van der Waals surface area contributed by atoms with E-state index >= 15 is 0 Å². The predicted molar refractivity (Wildman–Crippen MR) is 119 cm³/mol. The first-order chi connectivity index (χ1) is 13.0. The molecule has 1 aliphatic heterocycles. The van der Waals surface area contributed by atoms with Crippen LogP contribution in [0, 0.1) is 0 Å². The molecule has 6 heteroatoms. The van der Waals surface area contributed by atoms with Crippen LogP contribution in [0.15, 0.2) is 66.1 Å². The molecule has 0 radical (unpaired) electrons. The normalized spacial score (nSPS) is 15.3. The molecule has 1 saturated heterocycles. The third kappa shape index (κ3) is 4.40. The molecule has 3 rings (SSSR count). The molecule has 138 valence electrons. The van der Waals surface area contributed by atoms with Crippen molar-refractivity contribution in [2.24, 2.45) is 0 Å². The van der Waals surface area contributed by atoms with Gasteiger partial charge in [-0.2, -0.15) is 0 Å². The molecule has 2 aromatic rings. The van der Waals surface area contributed by atoms with E-state index in [-0.39, 0.29) is 5.91 Å². The largest absolute Gasteiger partial charge is 0.490 e. The molecule has 0 saturated carbocycles. The number of amides is 1. The fraction of sp³-hybridized carbons (Fsp3) is 0.143. The van der Waals surface area contributed by atoms with Crippen LogP contribution in [0.4, 0.5) is 11.4 Å². The fourth-order valence-corrected chi connectivity index (χ4v) is 3.89. The Morgan fingerprint density at radius 2 is 1.96 bits per heavy atom. The first kappa shape index (κ1) is 19.2. The van der Waals surface area contributed by atoms with Gasteiger partial charge in [0.1, 0.15) is 12.4 Å². The third-order valence-corrected chi connectivity index (χ3v) is 5.24. The Hall–Kier alpha value is -2.57. The van der Waals surface area contributed by atoms with Crippen LogP contribution in [0.3, 0.4) is 0 Å². The van der Waals surface area contributed by atoms with Gasteiger partial charge < -0.3 is 9.64 Å². The fourth-order valence-electron chi connectivity index (χ4n) is 2.59. The minimum atomic E-state index is -0.111. The van der Waals surface area contributed by atoms with Crippen LogP contribution < -0.4 is 14.5 Å². The summed E-state index contributed by atoms with van der Waals surface area (Å²) in [5.41, 5.74) is 2.73. The number of benzene rings is 2. The summed E-state index contributed by atoms with van der Waals surface area (Å²) in [5, 5.41) is 0. The molecule has 1 heterocycles. The summed E-state index contributed by atoms with van der Waals surface area (Å²) < 4.78 is 6.08. The predicted octanol–water partition coefficient (Wildman–Crippen LogP) is 4.72. The molecule has 0 aromatic heterocycles. The average Bonchev–Trinajstić information content (AvgIpc) is 2.93. The van der Waals surface area contributed by atoms with E-state index in [0.717, 1.165) is 22.7 Å². The molecule has 4 nitrogen and oxygen atoms in total. The third-order valence-electron chi connectivity index (χ3n) is 3.94. The van der Waals surface area contributed by atoms with Gasteiger partial charge in [0.25, 0.3) is 5.91 Å². The van der Waals surface area contributed by atoms with Crippen molar-refractivity contribution in [2.45, 2.75) is 0 Å². The zero-order valence-electron chi connectivity index (χ0n) is 15.2. The van der Waals surface area contributed by atoms with Gasteiger partial charge in [-0.1, -0.05) is 48.8 Å². The summed E-state index contributed by atoms with van der Waals surface area (Å²) in [7, 11) is 3.95. The highest BCUT2D eigenvalue weighted by molar-refractivity contribution is 8.27. The lowest BCUT2D eigenvalue weighted by Gasteiger charge is -2.17. The summed E-state index contributed by atoms with van der Waals surface area (Å²) in [6.07, 6.45) is 3.54. The highest BCUT2D eigenvalue weighted by atomic mass is 32.2. The van der Waals surface area contributed by atoms with Crippen molar-refractivity contribution >= 4 is 51.7 Å². The Bertz CT molecular complexity index is 905. The van der Waals surface area contributed by atoms with Crippen LogP contribution in [-0.4, -0.2) is 30.9 Å². The van der Waals surface area contributed by atoms with Crippen molar-refractivity contribution < 1.29 is 9.53 Å². The summed E-state index contributed by atoms with van der Waals surface area (Å²) >= 11 is 6.75. The average molecular weight is 397 g/mol. The van der Waals surface area contributed by atoms with Crippen LogP contribution in [0.25, 0.3) is 6.08 Å². The molecule has 0 N–H and O–H groups in total. The van der Waals surface area contributed by atoms with Crippen LogP contribution in [-0.2, 0) is 4.79 Å². The van der Waals surface area contributed by atoms with E-state index in [0.29, 0.717) is 15.8 Å². The highest BCUT2D eigenvalue weighted by Gasteiger charge is 2.33. The summed E-state index contributed by atoms with van der Waals surface area (Å²) in [4.78, 5) is 17.1. The number of hydrogen-bond donors (Lipinski definition) is 0. The molecule has 1 aliphatic rings. The monoisotopic (exact) mass is 396 g/mol. The van der Waals surface area contributed by atoms with Gasteiger partial charge in [-0.3, -0.25) is 9.69 Å². The maximum Gasteiger partial charge on any atom is 0.270 e. The van der Waals surface area contributed by atoms with Crippen molar-refractivity contribution in [3.63, 3.8) is 0 Å². The number of nitrogens with zero attached hydrogens (tertiary/aromatic N) is 2. The quantitative estimate of drug-likeness (QED) is 0.401. The Morgan fingerprint density at radius 1 is 1.22 bits per heavy atom. The standard InChI is InChI=1S/C21H20N2O2S2/c1-4-12-25-18-7-5-6-15(13-18)14-19-20(24)23(21(26)27-19)17-10-8-16(9-11-17)22(2)3/h4-11,13-14H,1,12H2,2-3H3/b19-14+. The lowest BCUT2D eigenvalue weighted by Crippen LogP contribution is -2.27. The van der Waals surface area contributed by atoms with Crippen molar-refractivity contribution in [1.29, 1.82) is 0 Å². The molecule has 0 spiro atoms. The number of anilines is 2. The molecule has 1 fully saturated rings. The molecular weight excluding hydrogens is 376 g/mol. The Labute approximate surface area is 169 Å². The van der Waals surface area contributed by atoms with Crippen molar-refractivity contribution in [3.05, 3.63) is 71.7 Å². The number of thiocarbonyl (C=S) groups is 1. The number of hydrogen-bond acceptors (Lipinski definition) is 5. The zero-order valence-corrected chi connectivity index (χ0v) is 16.8. The van der Waals surface area contributed by atoms with Gasteiger partial charge in [-0.05, 0) is 48.0 Å². The minimum Gasteiger partial charge on any atom is -0.490 e. The Kier molecular flexibility index (Phi) is 5.98. The van der Waals surface area contributed by atoms with E-state index in [9.17, 15) is 4.79 Å². The summed E-state index contributed by atoms with van der Waals surface area (Å²) in [6, 6.07) is 15.3. The Balaban J connectivity index is 1.83. The van der Waals surface area contributed by atoms with Gasteiger partial charge in [-0.25, -0.2) is 0 Å². The van der Waals surface area contributed by atoms with Crippen molar-refractivity contribution in [1.82, 2.24) is 0 Å². The maximum atomic E-state index is 12.9. The number of carbonyl (C=O) groups excluding carboxylic acids is 1. The molecular formula is C21H20N2O2S2. The molecule has 1 amide bonds. The van der Waals surface area contributed by atoms with Crippen LogP contribution in [0.2, 0.25) is 0 Å². The maximum absolute atomic E-state index is 12.9. The summed E-state index contributed by atoms with van der Waals surface area (Å²) in [6.45, 7) is 4.08. The smallest absolute Gasteiger partial charge is 0.270 e. The topological polar surface area (TPSA) is 32.8 Å². The Morgan fingerprint density at radius 3 is 2.63 bits per heavy atom. The minimum absolute atomic E-state index is 0.111. The van der Waals surface area contributed by atoms with E-state index in [2.05, 4.69) is 6.58 Å². The molecule has 0 unspecified atom stereocenters. The van der Waals surface area contributed by atoms with Gasteiger partial charge in [0.05, 0.1) is 10.6 Å². The van der Waals surface area contributed by atoms with Crippen molar-refractivity contribution in [2.75, 3.05) is 30.5 Å². The van der Waals surface area contributed by atoms with Gasteiger partial charge in [0.2, 0.25) is 0 Å². The highest BCUT2D eigenvalue weighted by Crippen LogP contribution is 2.36. The second-order valence-electron chi connectivity index (χ2n) is 6.10. The van der Waals surface area contributed by atoms with Crippen LogP contribution in [0.1, 0.15) is 5.56 Å². The molecule has 0 bridgehead atoms. The van der Waals surface area contributed by atoms with E-state index in [1.807, 2.05) is 73.6 Å². The SMILES string of the molecule is C=CCOc1cccc(/C=C2/SC(=S)N(c3ccc(N(C)C)cc3)C2=O)c1. The zero-order chi connectivity index (χ0) is 19.4. The molecule has 2 aromatic carbocycles. The number of rotatable bonds is 6. The van der Waals surface area contributed by atoms with Crippen LogP contribution in [0.5, 0.6) is 5.75 Å². The number of thioether (sulfide) groups is 1. The molecule has 27 heavy (non-hydrogen) atoms. The van der Waals surface area contributed by atoms with E-state index < -0.39 is 0 Å². The van der Waals surface area contributed by atoms with E-state index in [4.69, 9.17) is 17.0 Å². The first-order valence-electron chi connectivity index (χ1n) is 8.38. The van der Waals surface area contributed by atoms with E-state index in [1.165, 1.54) is 11.8 Å². The van der Waals surface area contributed by atoms with Gasteiger partial charge in [0, 0.05) is 19.8 Å². The van der Waals surface area contributed by atoms with Gasteiger partial charge in [-0.15, -0.1) is 0 Å². The lowest BCUT2D eigenvalue weighted by atomic mass is 10.2. The first-order valence-corrected chi connectivity index (χ1v) is 9.61. The number of ether oxygens (including phenoxy) is 1. The lowest BCUT2D eigenvalue weighted by molar-refractivity contribution is -0.113. The number of carbonyl (C=O) groups is 1. The van der Waals surface area contributed by atoms with Gasteiger partial charge >= 0.3 is 0 Å². The van der Waals surface area contributed by atoms with Crippen molar-refractivity contribution in [3.8, 4) is 5.75 Å². The molecule has 0 aliphatic carbocycles. The van der Waals surface area contributed by atoms with E-state index in [1.54, 1.807) is 11.0 Å². The second kappa shape index (κ2) is 8.41.